The summed E-state index contributed by atoms with van der Waals surface area (Å²) in [5.74, 6) is 0.586. The first-order chi connectivity index (χ1) is 12.0. The lowest BCUT2D eigenvalue weighted by Crippen LogP contribution is -2.00. The van der Waals surface area contributed by atoms with Gasteiger partial charge in [0.25, 0.3) is 4.92 Å². The normalized spacial score (nSPS) is 10.5. The first-order valence-electron chi connectivity index (χ1n) is 7.17. The van der Waals surface area contributed by atoms with Gasteiger partial charge in [-0.25, -0.2) is 14.8 Å². The predicted molar refractivity (Wildman–Crippen MR) is 98.9 cm³/mol. The highest BCUT2D eigenvalue weighted by molar-refractivity contribution is 7.19. The van der Waals surface area contributed by atoms with Crippen LogP contribution in [0.2, 0.25) is 0 Å². The van der Waals surface area contributed by atoms with E-state index in [1.54, 1.807) is 25.3 Å². The summed E-state index contributed by atoms with van der Waals surface area (Å²) in [6.07, 6.45) is 0. The van der Waals surface area contributed by atoms with Crippen molar-refractivity contribution < 1.29 is 14.5 Å². The van der Waals surface area contributed by atoms with Gasteiger partial charge in [0, 0.05) is 17.5 Å². The third kappa shape index (κ3) is 3.54. The summed E-state index contributed by atoms with van der Waals surface area (Å²) < 4.78 is 5.33. The Morgan fingerprint density at radius 2 is 2.08 bits per heavy atom. The Hall–Kier alpha value is -2.72. The monoisotopic (exact) mass is 378 g/mol. The molecule has 8 nitrogen and oxygen atoms in total. The molecule has 0 aliphatic rings. The van der Waals surface area contributed by atoms with Crippen LogP contribution in [0.4, 0.5) is 21.6 Å². The zero-order valence-electron chi connectivity index (χ0n) is 13.8. The standard InChI is InChI=1S/C15H16N5O3S2/c1-8-13(25-14(16)17-8)11-7-24-15(19-11)18-10-6-9(20(21)23-3)4-5-12(10)22-2/h4-7H,1-3H3,(H2,16,17)(H,18,19)/q+1. The molecule has 0 radical (unpaired) electrons. The summed E-state index contributed by atoms with van der Waals surface area (Å²) in [6, 6.07) is 4.92. The molecule has 0 aliphatic heterocycles. The zero-order valence-corrected chi connectivity index (χ0v) is 15.4. The SMILES string of the molecule is COc1ccc([N+](=O)OC)cc1Nc1nc(-c2sc(N)nc2C)cs1. The van der Waals surface area contributed by atoms with Gasteiger partial charge >= 0.3 is 5.69 Å². The Morgan fingerprint density at radius 3 is 2.72 bits per heavy atom. The second kappa shape index (κ2) is 7.03. The van der Waals surface area contributed by atoms with E-state index in [4.69, 9.17) is 10.5 Å². The van der Waals surface area contributed by atoms with E-state index in [-0.39, 0.29) is 0 Å². The number of thiazole rings is 2. The maximum Gasteiger partial charge on any atom is 0.319 e. The van der Waals surface area contributed by atoms with Crippen molar-refractivity contribution in [2.75, 3.05) is 25.3 Å². The largest absolute Gasteiger partial charge is 0.495 e. The smallest absolute Gasteiger partial charge is 0.319 e. The molecule has 0 aliphatic carbocycles. The number of aromatic nitrogens is 2. The molecule has 0 fully saturated rings. The molecule has 25 heavy (non-hydrogen) atoms. The van der Waals surface area contributed by atoms with Crippen LogP contribution in [0.3, 0.4) is 0 Å². The molecular weight excluding hydrogens is 362 g/mol. The van der Waals surface area contributed by atoms with Crippen molar-refractivity contribution in [3.8, 4) is 16.3 Å². The first kappa shape index (κ1) is 17.1. The number of rotatable bonds is 6. The fraction of sp³-hybridized carbons (Fsp3) is 0.200. The van der Waals surface area contributed by atoms with E-state index >= 15 is 0 Å². The van der Waals surface area contributed by atoms with Gasteiger partial charge in [-0.2, -0.15) is 0 Å². The van der Waals surface area contributed by atoms with Crippen LogP contribution in [-0.4, -0.2) is 29.1 Å². The summed E-state index contributed by atoms with van der Waals surface area (Å²) in [7, 11) is 2.86. The maximum absolute atomic E-state index is 11.6. The first-order valence-corrected chi connectivity index (χ1v) is 8.86. The van der Waals surface area contributed by atoms with Crippen molar-refractivity contribution in [3.05, 3.63) is 34.2 Å². The fourth-order valence-electron chi connectivity index (χ4n) is 2.22. The molecule has 0 spiro atoms. The lowest BCUT2D eigenvalue weighted by molar-refractivity contribution is -0.736. The summed E-state index contributed by atoms with van der Waals surface area (Å²) >= 11 is 2.83. The van der Waals surface area contributed by atoms with Gasteiger partial charge in [-0.05, 0) is 13.0 Å². The van der Waals surface area contributed by atoms with Gasteiger partial charge < -0.3 is 15.8 Å². The van der Waals surface area contributed by atoms with Crippen LogP contribution in [-0.2, 0) is 4.84 Å². The minimum atomic E-state index is 0.341. The summed E-state index contributed by atoms with van der Waals surface area (Å²) in [5.41, 5.74) is 8.35. The van der Waals surface area contributed by atoms with Gasteiger partial charge in [-0.3, -0.25) is 0 Å². The van der Waals surface area contributed by atoms with Gasteiger partial charge in [0.2, 0.25) is 0 Å². The number of nitrogens with zero attached hydrogens (tertiary/aromatic N) is 3. The number of benzene rings is 1. The highest BCUT2D eigenvalue weighted by atomic mass is 32.1. The van der Waals surface area contributed by atoms with Crippen LogP contribution in [0.5, 0.6) is 5.75 Å². The van der Waals surface area contributed by atoms with Crippen LogP contribution >= 0.6 is 22.7 Å². The van der Waals surface area contributed by atoms with E-state index in [0.29, 0.717) is 32.3 Å². The van der Waals surface area contributed by atoms with Gasteiger partial charge in [0.15, 0.2) is 17.4 Å². The van der Waals surface area contributed by atoms with Gasteiger partial charge in [0.05, 0.1) is 34.0 Å². The van der Waals surface area contributed by atoms with E-state index in [1.807, 2.05) is 12.3 Å². The molecule has 10 heteroatoms. The van der Waals surface area contributed by atoms with Crippen molar-refractivity contribution in [2.24, 2.45) is 0 Å². The van der Waals surface area contributed by atoms with Crippen molar-refractivity contribution in [3.63, 3.8) is 0 Å². The van der Waals surface area contributed by atoms with Crippen LogP contribution in [0.15, 0.2) is 23.6 Å². The van der Waals surface area contributed by atoms with Crippen LogP contribution in [0.25, 0.3) is 10.6 Å². The van der Waals surface area contributed by atoms with Crippen molar-refractivity contribution >= 4 is 44.3 Å². The molecule has 3 aromatic rings. The Labute approximate surface area is 151 Å². The number of ether oxygens (including phenoxy) is 1. The predicted octanol–water partition coefficient (Wildman–Crippen LogP) is 3.88. The molecule has 0 unspecified atom stereocenters. The lowest BCUT2D eigenvalue weighted by atomic mass is 10.2. The van der Waals surface area contributed by atoms with Crippen molar-refractivity contribution in [2.45, 2.75) is 6.92 Å². The van der Waals surface area contributed by atoms with Gasteiger partial charge in [-0.1, -0.05) is 11.3 Å². The average Bonchev–Trinajstić information content (AvgIpc) is 3.19. The van der Waals surface area contributed by atoms with Crippen molar-refractivity contribution in [1.29, 1.82) is 0 Å². The van der Waals surface area contributed by atoms with Crippen LogP contribution < -0.4 is 15.8 Å². The second-order valence-electron chi connectivity index (χ2n) is 4.95. The molecule has 0 atom stereocenters. The molecule has 0 saturated heterocycles. The second-order valence-corrected chi connectivity index (χ2v) is 6.84. The van der Waals surface area contributed by atoms with Gasteiger partial charge in [0.1, 0.15) is 5.75 Å². The third-order valence-corrected chi connectivity index (χ3v) is 5.12. The van der Waals surface area contributed by atoms with Crippen molar-refractivity contribution in [1.82, 2.24) is 9.97 Å². The molecular formula is C15H16N5O3S2+. The number of nitrogen functional groups attached to an aromatic ring is 1. The molecule has 3 rings (SSSR count). The van der Waals surface area contributed by atoms with Gasteiger partial charge in [-0.15, -0.1) is 11.3 Å². The maximum atomic E-state index is 11.6. The zero-order chi connectivity index (χ0) is 18.0. The molecule has 2 aromatic heterocycles. The Morgan fingerprint density at radius 1 is 1.28 bits per heavy atom. The minimum Gasteiger partial charge on any atom is -0.495 e. The van der Waals surface area contributed by atoms with Crippen LogP contribution in [0, 0.1) is 11.8 Å². The van der Waals surface area contributed by atoms with E-state index in [9.17, 15) is 4.91 Å². The lowest BCUT2D eigenvalue weighted by Gasteiger charge is -2.08. The molecule has 1 aromatic carbocycles. The number of hydrogen-bond donors (Lipinski definition) is 2. The Kier molecular flexibility index (Phi) is 4.81. The Balaban J connectivity index is 1.90. The number of hydrogen-bond acceptors (Lipinski definition) is 9. The molecule has 3 N–H and O–H groups in total. The van der Waals surface area contributed by atoms with E-state index in [1.165, 1.54) is 29.8 Å². The third-order valence-electron chi connectivity index (χ3n) is 3.35. The van der Waals surface area contributed by atoms with E-state index in [2.05, 4.69) is 20.1 Å². The fourth-order valence-corrected chi connectivity index (χ4v) is 3.80. The number of aryl methyl sites for hydroxylation is 1. The molecule has 0 bridgehead atoms. The number of anilines is 3. The topological polar surface area (TPSA) is 102 Å². The van der Waals surface area contributed by atoms with E-state index in [0.717, 1.165) is 16.3 Å². The molecule has 2 heterocycles. The molecule has 130 valence electrons. The Bertz CT molecular complexity index is 922. The summed E-state index contributed by atoms with van der Waals surface area (Å²) in [4.78, 5) is 26.4. The quantitative estimate of drug-likeness (QED) is 0.627. The van der Waals surface area contributed by atoms with E-state index < -0.39 is 0 Å². The molecule has 0 amide bonds. The summed E-state index contributed by atoms with van der Waals surface area (Å²) in [5, 5.41) is 6.27. The highest BCUT2D eigenvalue weighted by Gasteiger charge is 2.19. The number of nitrogens with two attached hydrogens (primary N) is 1. The highest BCUT2D eigenvalue weighted by Crippen LogP contribution is 2.36. The average molecular weight is 378 g/mol. The minimum absolute atomic E-state index is 0.341. The molecule has 0 saturated carbocycles. The number of nitrogens with one attached hydrogen (secondary N) is 1. The summed E-state index contributed by atoms with van der Waals surface area (Å²) in [6.45, 7) is 1.90. The number of methoxy groups -OCH3 is 1. The van der Waals surface area contributed by atoms with Crippen LogP contribution in [0.1, 0.15) is 5.69 Å².